The molecule has 0 aliphatic carbocycles. The number of hydrogen-bond donors (Lipinski definition) is 1. The molecule has 1 fully saturated rings. The predicted octanol–water partition coefficient (Wildman–Crippen LogP) is 4.89. The van der Waals surface area contributed by atoms with E-state index in [1.165, 1.54) is 21.9 Å². The number of thiophene rings is 1. The van der Waals surface area contributed by atoms with Crippen molar-refractivity contribution in [3.63, 3.8) is 0 Å². The van der Waals surface area contributed by atoms with E-state index in [0.717, 1.165) is 17.1 Å². The van der Waals surface area contributed by atoms with Crippen LogP contribution in [0.4, 0.5) is 0 Å². The van der Waals surface area contributed by atoms with Gasteiger partial charge in [-0.3, -0.25) is 4.79 Å². The fourth-order valence-corrected chi connectivity index (χ4v) is 6.81. The highest BCUT2D eigenvalue weighted by Gasteiger charge is 2.18. The van der Waals surface area contributed by atoms with Crippen LogP contribution < -0.4 is 5.32 Å². The fourth-order valence-electron chi connectivity index (χ4n) is 2.25. The molecule has 1 saturated heterocycles. The minimum Gasteiger partial charge on any atom is -0.351 e. The van der Waals surface area contributed by atoms with Crippen molar-refractivity contribution >= 4 is 52.5 Å². The van der Waals surface area contributed by atoms with E-state index in [0.29, 0.717) is 11.1 Å². The summed E-state index contributed by atoms with van der Waals surface area (Å²) in [7, 11) is 0. The van der Waals surface area contributed by atoms with Gasteiger partial charge >= 0.3 is 0 Å². The Labute approximate surface area is 154 Å². The highest BCUT2D eigenvalue weighted by Crippen LogP contribution is 2.45. The molecule has 0 radical (unpaired) electrons. The third-order valence-electron chi connectivity index (χ3n) is 3.42. The highest BCUT2D eigenvalue weighted by molar-refractivity contribution is 8.19. The Kier molecular flexibility index (Phi) is 6.80. The summed E-state index contributed by atoms with van der Waals surface area (Å²) in [6.45, 7) is 0.713. The van der Waals surface area contributed by atoms with Crippen LogP contribution in [0, 0.1) is 0 Å². The summed E-state index contributed by atoms with van der Waals surface area (Å²) in [6, 6.07) is 12.3. The van der Waals surface area contributed by atoms with Crippen molar-refractivity contribution in [2.24, 2.45) is 0 Å². The van der Waals surface area contributed by atoms with Crippen LogP contribution in [-0.2, 0) is 5.75 Å². The van der Waals surface area contributed by atoms with E-state index in [4.69, 9.17) is 0 Å². The number of nitrogens with one attached hydrogen (secondary N) is 1. The first-order chi connectivity index (χ1) is 11.3. The van der Waals surface area contributed by atoms with Crippen molar-refractivity contribution in [1.29, 1.82) is 0 Å². The van der Waals surface area contributed by atoms with Crippen molar-refractivity contribution in [2.75, 3.05) is 23.8 Å². The van der Waals surface area contributed by atoms with E-state index in [1.54, 1.807) is 11.3 Å². The van der Waals surface area contributed by atoms with E-state index in [2.05, 4.69) is 35.0 Å². The lowest BCUT2D eigenvalue weighted by atomic mass is 10.1. The molecule has 0 bridgehead atoms. The van der Waals surface area contributed by atoms with Gasteiger partial charge < -0.3 is 5.32 Å². The second-order valence-corrected chi connectivity index (χ2v) is 9.95. The van der Waals surface area contributed by atoms with Crippen LogP contribution in [0.15, 0.2) is 41.8 Å². The van der Waals surface area contributed by atoms with E-state index in [9.17, 15) is 4.79 Å². The van der Waals surface area contributed by atoms with Gasteiger partial charge in [0, 0.05) is 40.0 Å². The molecule has 2 heterocycles. The average Bonchev–Trinajstić information content (AvgIpc) is 3.28. The van der Waals surface area contributed by atoms with Crippen LogP contribution in [0.2, 0.25) is 0 Å². The van der Waals surface area contributed by atoms with Gasteiger partial charge in [0.25, 0.3) is 5.91 Å². The molecule has 1 aromatic carbocycles. The normalized spacial score (nSPS) is 15.0. The first-order valence-corrected chi connectivity index (χ1v) is 11.7. The summed E-state index contributed by atoms with van der Waals surface area (Å²) >= 11 is 7.62. The lowest BCUT2D eigenvalue weighted by Gasteiger charge is -2.09. The molecule has 0 unspecified atom stereocenters. The average molecular weight is 382 g/mol. The van der Waals surface area contributed by atoms with Crippen LogP contribution in [0.1, 0.15) is 25.4 Å². The summed E-state index contributed by atoms with van der Waals surface area (Å²) in [4.78, 5) is 13.5. The molecular formula is C17H19NOS4. The summed E-state index contributed by atoms with van der Waals surface area (Å²) in [5.41, 5.74) is 2.07. The van der Waals surface area contributed by atoms with Gasteiger partial charge in [-0.15, -0.1) is 34.9 Å². The Hall–Kier alpha value is -0.560. The monoisotopic (exact) mass is 381 g/mol. The van der Waals surface area contributed by atoms with Gasteiger partial charge in [0.05, 0.1) is 4.58 Å². The summed E-state index contributed by atoms with van der Waals surface area (Å²) in [5, 5.41) is 5.10. The smallest absolute Gasteiger partial charge is 0.251 e. The van der Waals surface area contributed by atoms with Crippen LogP contribution in [0.3, 0.4) is 0 Å². The molecule has 1 aromatic heterocycles. The second kappa shape index (κ2) is 9.06. The molecule has 0 saturated carbocycles. The fraction of sp³-hybridized carbons (Fsp3) is 0.353. The molecule has 122 valence electrons. The van der Waals surface area contributed by atoms with Gasteiger partial charge in [-0.25, -0.2) is 0 Å². The van der Waals surface area contributed by atoms with Gasteiger partial charge in [0.1, 0.15) is 0 Å². The lowest BCUT2D eigenvalue weighted by Crippen LogP contribution is -2.25. The van der Waals surface area contributed by atoms with E-state index in [1.807, 2.05) is 47.4 Å². The lowest BCUT2D eigenvalue weighted by molar-refractivity contribution is 0.0956. The molecule has 23 heavy (non-hydrogen) atoms. The number of benzene rings is 1. The summed E-state index contributed by atoms with van der Waals surface area (Å²) in [6.07, 6.45) is 0. The third kappa shape index (κ3) is 5.21. The minimum atomic E-state index is 0.0278. The van der Waals surface area contributed by atoms with Gasteiger partial charge in [-0.1, -0.05) is 18.2 Å². The van der Waals surface area contributed by atoms with Gasteiger partial charge in [0.15, 0.2) is 0 Å². The molecule has 1 N–H and O–H groups in total. The SMILES string of the molecule is O=C(NCCSCc1cccs1)c1ccc(C2SCCS2)cc1. The Morgan fingerprint density at radius 2 is 1.96 bits per heavy atom. The van der Waals surface area contributed by atoms with Crippen LogP contribution in [0.5, 0.6) is 0 Å². The van der Waals surface area contributed by atoms with Crippen molar-refractivity contribution in [3.05, 3.63) is 57.8 Å². The minimum absolute atomic E-state index is 0.0278. The number of carbonyl (C=O) groups excluding carboxylic acids is 1. The molecule has 0 atom stereocenters. The van der Waals surface area contributed by atoms with E-state index in [-0.39, 0.29) is 5.91 Å². The Bertz CT molecular complexity index is 606. The molecule has 2 aromatic rings. The van der Waals surface area contributed by atoms with E-state index < -0.39 is 0 Å². The van der Waals surface area contributed by atoms with Gasteiger partial charge in [0.2, 0.25) is 0 Å². The zero-order valence-electron chi connectivity index (χ0n) is 12.7. The van der Waals surface area contributed by atoms with Crippen molar-refractivity contribution in [1.82, 2.24) is 5.32 Å². The predicted molar refractivity (Wildman–Crippen MR) is 107 cm³/mol. The van der Waals surface area contributed by atoms with Crippen LogP contribution in [-0.4, -0.2) is 29.7 Å². The van der Waals surface area contributed by atoms with Crippen molar-refractivity contribution in [3.8, 4) is 0 Å². The molecule has 0 spiro atoms. The summed E-state index contributed by atoms with van der Waals surface area (Å²) in [5.74, 6) is 4.44. The molecule has 1 amide bonds. The zero-order chi connectivity index (χ0) is 15.9. The molecule has 1 aliphatic rings. The molecule has 2 nitrogen and oxygen atoms in total. The number of hydrogen-bond acceptors (Lipinski definition) is 5. The van der Waals surface area contributed by atoms with E-state index >= 15 is 0 Å². The quantitative estimate of drug-likeness (QED) is 0.692. The third-order valence-corrected chi connectivity index (χ3v) is 8.59. The van der Waals surface area contributed by atoms with Gasteiger partial charge in [-0.2, -0.15) is 11.8 Å². The maximum Gasteiger partial charge on any atom is 0.251 e. The maximum atomic E-state index is 12.1. The first-order valence-electron chi connectivity index (χ1n) is 7.54. The largest absolute Gasteiger partial charge is 0.351 e. The topological polar surface area (TPSA) is 29.1 Å². The summed E-state index contributed by atoms with van der Waals surface area (Å²) < 4.78 is 0.542. The number of amides is 1. The molecule has 1 aliphatic heterocycles. The van der Waals surface area contributed by atoms with Crippen LogP contribution >= 0.6 is 46.6 Å². The number of thioether (sulfide) groups is 3. The number of rotatable bonds is 7. The van der Waals surface area contributed by atoms with Crippen molar-refractivity contribution in [2.45, 2.75) is 10.3 Å². The van der Waals surface area contributed by atoms with Crippen LogP contribution in [0.25, 0.3) is 0 Å². The maximum absolute atomic E-state index is 12.1. The highest BCUT2D eigenvalue weighted by atomic mass is 32.2. The molecular weight excluding hydrogens is 362 g/mol. The standard InChI is InChI=1S/C17H19NOS4/c19-16(18-7-9-20-12-15-2-1-8-21-15)13-3-5-14(6-4-13)17-22-10-11-23-17/h1-6,8,17H,7,9-12H2,(H,18,19). The van der Waals surface area contributed by atoms with Gasteiger partial charge in [-0.05, 0) is 29.1 Å². The molecule has 3 rings (SSSR count). The first kappa shape index (κ1) is 17.3. The molecule has 6 heteroatoms. The second-order valence-electron chi connectivity index (χ2n) is 5.08. The van der Waals surface area contributed by atoms with Crippen molar-refractivity contribution < 1.29 is 4.79 Å². The Balaban J connectivity index is 1.39. The Morgan fingerprint density at radius 3 is 2.65 bits per heavy atom. The zero-order valence-corrected chi connectivity index (χ0v) is 16.0. The Morgan fingerprint density at radius 1 is 1.17 bits per heavy atom. The number of carbonyl (C=O) groups is 1.